The van der Waals surface area contributed by atoms with Crippen LogP contribution in [0.1, 0.15) is 22.6 Å². The molecule has 0 aliphatic rings. The summed E-state index contributed by atoms with van der Waals surface area (Å²) in [5, 5.41) is 11.4. The van der Waals surface area contributed by atoms with Crippen molar-refractivity contribution in [1.82, 2.24) is 9.55 Å². The van der Waals surface area contributed by atoms with E-state index in [1.54, 1.807) is 0 Å². The van der Waals surface area contributed by atoms with Crippen LogP contribution in [-0.2, 0) is 13.0 Å². The van der Waals surface area contributed by atoms with Gasteiger partial charge in [-0.3, -0.25) is 0 Å². The average Bonchev–Trinajstić information content (AvgIpc) is 2.86. The topological polar surface area (TPSA) is 61.0 Å². The van der Waals surface area contributed by atoms with Gasteiger partial charge in [0, 0.05) is 13.3 Å². The highest BCUT2D eigenvalue weighted by Gasteiger charge is 2.25. The Labute approximate surface area is 134 Å². The maximum Gasteiger partial charge on any atom is 0.385 e. The van der Waals surface area contributed by atoms with Crippen molar-refractivity contribution in [3.63, 3.8) is 0 Å². The summed E-state index contributed by atoms with van der Waals surface area (Å²) in [4.78, 5) is 15.1. The molecule has 116 valence electrons. The molecule has 0 atom stereocenters. The molecule has 23 heavy (non-hydrogen) atoms. The minimum atomic E-state index is -0.396. The fourth-order valence-corrected chi connectivity index (χ4v) is 2.68. The first kappa shape index (κ1) is 15.0. The number of nitrogens with zero attached hydrogens (tertiary/aromatic N) is 3. The number of aromatic nitrogens is 2. The molecule has 0 unspecified atom stereocenters. The average molecular weight is 307 g/mol. The quantitative estimate of drug-likeness (QED) is 0.533. The van der Waals surface area contributed by atoms with Crippen molar-refractivity contribution < 1.29 is 4.92 Å². The van der Waals surface area contributed by atoms with Crippen LogP contribution < -0.4 is 0 Å². The van der Waals surface area contributed by atoms with E-state index in [0.717, 1.165) is 11.1 Å². The van der Waals surface area contributed by atoms with Crippen LogP contribution in [0.4, 0.5) is 5.82 Å². The highest BCUT2D eigenvalue weighted by atomic mass is 16.6. The van der Waals surface area contributed by atoms with Gasteiger partial charge in [0.15, 0.2) is 0 Å². The summed E-state index contributed by atoms with van der Waals surface area (Å²) < 4.78 is 1.93. The van der Waals surface area contributed by atoms with Crippen LogP contribution in [0, 0.1) is 17.0 Å². The lowest BCUT2D eigenvalue weighted by Gasteiger charge is -2.09. The van der Waals surface area contributed by atoms with Crippen LogP contribution in [0.2, 0.25) is 0 Å². The molecule has 5 nitrogen and oxygen atoms in total. The van der Waals surface area contributed by atoms with Gasteiger partial charge in [-0.05, 0) is 21.0 Å². The minimum Gasteiger partial charge on any atom is -0.358 e. The lowest BCUT2D eigenvalue weighted by molar-refractivity contribution is -0.390. The molecular formula is C18H17N3O2. The Hall–Kier alpha value is -2.95. The Bertz CT molecular complexity index is 811. The lowest BCUT2D eigenvalue weighted by atomic mass is 10.1. The molecule has 0 aliphatic heterocycles. The van der Waals surface area contributed by atoms with E-state index in [2.05, 4.69) is 4.98 Å². The van der Waals surface area contributed by atoms with E-state index in [9.17, 15) is 10.1 Å². The first-order valence-electron chi connectivity index (χ1n) is 7.43. The van der Waals surface area contributed by atoms with Gasteiger partial charge in [-0.2, -0.15) is 0 Å². The number of imidazole rings is 1. The van der Waals surface area contributed by atoms with Crippen molar-refractivity contribution in [2.75, 3.05) is 0 Å². The molecule has 2 aromatic carbocycles. The molecule has 0 radical (unpaired) electrons. The van der Waals surface area contributed by atoms with Crippen molar-refractivity contribution in [2.45, 2.75) is 19.9 Å². The number of aryl methyl sites for hydroxylation is 1. The normalized spacial score (nSPS) is 10.7. The zero-order valence-electron chi connectivity index (χ0n) is 12.8. The molecule has 0 saturated carbocycles. The molecule has 0 bridgehead atoms. The van der Waals surface area contributed by atoms with E-state index in [1.807, 2.05) is 72.2 Å². The van der Waals surface area contributed by atoms with Crippen molar-refractivity contribution in [2.24, 2.45) is 0 Å². The second-order valence-electron chi connectivity index (χ2n) is 5.42. The Morgan fingerprint density at radius 2 is 1.57 bits per heavy atom. The number of benzene rings is 2. The summed E-state index contributed by atoms with van der Waals surface area (Å²) in [5.41, 5.74) is 2.77. The van der Waals surface area contributed by atoms with Gasteiger partial charge in [-0.25, -0.2) is 0 Å². The summed E-state index contributed by atoms with van der Waals surface area (Å²) in [6.45, 7) is 2.39. The third-order valence-electron chi connectivity index (χ3n) is 3.81. The van der Waals surface area contributed by atoms with Crippen molar-refractivity contribution in [3.05, 3.63) is 93.4 Å². The highest BCUT2D eigenvalue weighted by molar-refractivity contribution is 5.36. The summed E-state index contributed by atoms with van der Waals surface area (Å²) in [5.74, 6) is 0.605. The lowest BCUT2D eigenvalue weighted by Crippen LogP contribution is -2.08. The van der Waals surface area contributed by atoms with Gasteiger partial charge >= 0.3 is 5.82 Å². The van der Waals surface area contributed by atoms with Crippen LogP contribution in [0.25, 0.3) is 0 Å². The summed E-state index contributed by atoms with van der Waals surface area (Å²) >= 11 is 0. The number of rotatable bonds is 5. The van der Waals surface area contributed by atoms with Crippen molar-refractivity contribution in [3.8, 4) is 0 Å². The SMILES string of the molecule is Cc1nc([N+](=O)[O-])c(Cc2ccccc2)n1Cc1ccccc1. The maximum absolute atomic E-state index is 11.4. The van der Waals surface area contributed by atoms with E-state index in [1.165, 1.54) is 0 Å². The van der Waals surface area contributed by atoms with Gasteiger partial charge in [0.05, 0.1) is 6.54 Å². The van der Waals surface area contributed by atoms with Gasteiger partial charge in [0.25, 0.3) is 0 Å². The van der Waals surface area contributed by atoms with Gasteiger partial charge < -0.3 is 14.7 Å². The summed E-state index contributed by atoms with van der Waals surface area (Å²) in [7, 11) is 0. The van der Waals surface area contributed by atoms with Gasteiger partial charge in [-0.1, -0.05) is 60.7 Å². The summed E-state index contributed by atoms with van der Waals surface area (Å²) in [6, 6.07) is 19.7. The zero-order chi connectivity index (χ0) is 16.2. The molecule has 0 fully saturated rings. The fraction of sp³-hybridized carbons (Fsp3) is 0.167. The van der Waals surface area contributed by atoms with E-state index >= 15 is 0 Å². The third kappa shape index (κ3) is 3.29. The molecule has 0 spiro atoms. The van der Waals surface area contributed by atoms with Crippen LogP contribution in [0.5, 0.6) is 0 Å². The predicted molar refractivity (Wildman–Crippen MR) is 88.4 cm³/mol. The third-order valence-corrected chi connectivity index (χ3v) is 3.81. The van der Waals surface area contributed by atoms with Crippen LogP contribution in [-0.4, -0.2) is 14.5 Å². The smallest absolute Gasteiger partial charge is 0.358 e. The largest absolute Gasteiger partial charge is 0.385 e. The number of hydrogen-bond donors (Lipinski definition) is 0. The van der Waals surface area contributed by atoms with E-state index in [0.29, 0.717) is 24.5 Å². The minimum absolute atomic E-state index is 0.0534. The molecule has 3 rings (SSSR count). The van der Waals surface area contributed by atoms with Gasteiger partial charge in [-0.15, -0.1) is 0 Å². The first-order valence-corrected chi connectivity index (χ1v) is 7.43. The highest BCUT2D eigenvalue weighted by Crippen LogP contribution is 2.23. The monoisotopic (exact) mass is 307 g/mol. The molecule has 0 aliphatic carbocycles. The zero-order valence-corrected chi connectivity index (χ0v) is 12.8. The first-order chi connectivity index (χ1) is 11.1. The molecule has 0 N–H and O–H groups in total. The van der Waals surface area contributed by atoms with Crippen LogP contribution in [0.15, 0.2) is 60.7 Å². The second kappa shape index (κ2) is 6.44. The molecule has 1 heterocycles. The van der Waals surface area contributed by atoms with E-state index in [-0.39, 0.29) is 5.82 Å². The van der Waals surface area contributed by atoms with Gasteiger partial charge in [0.2, 0.25) is 5.82 Å². The standard InChI is InChI=1S/C18H17N3O2/c1-14-19-18(21(22)23)17(12-15-8-4-2-5-9-15)20(14)13-16-10-6-3-7-11-16/h2-11H,12-13H2,1H3. The molecule has 0 amide bonds. The molecule has 5 heteroatoms. The molecule has 0 saturated heterocycles. The van der Waals surface area contributed by atoms with Crippen LogP contribution in [0.3, 0.4) is 0 Å². The molecular weight excluding hydrogens is 290 g/mol. The second-order valence-corrected chi connectivity index (χ2v) is 5.42. The Kier molecular flexibility index (Phi) is 4.19. The fourth-order valence-electron chi connectivity index (χ4n) is 2.68. The van der Waals surface area contributed by atoms with Crippen LogP contribution >= 0.6 is 0 Å². The summed E-state index contributed by atoms with van der Waals surface area (Å²) in [6.07, 6.45) is 0.491. The van der Waals surface area contributed by atoms with Crippen molar-refractivity contribution in [1.29, 1.82) is 0 Å². The number of nitro groups is 1. The predicted octanol–water partition coefficient (Wildman–Crippen LogP) is 3.74. The maximum atomic E-state index is 11.4. The molecule has 1 aromatic heterocycles. The van der Waals surface area contributed by atoms with E-state index < -0.39 is 4.92 Å². The van der Waals surface area contributed by atoms with Crippen molar-refractivity contribution >= 4 is 5.82 Å². The molecule has 3 aromatic rings. The Morgan fingerprint density at radius 1 is 1.00 bits per heavy atom. The number of hydrogen-bond acceptors (Lipinski definition) is 3. The Balaban J connectivity index is 2.02. The Morgan fingerprint density at radius 3 is 2.13 bits per heavy atom. The van der Waals surface area contributed by atoms with E-state index in [4.69, 9.17) is 0 Å². The van der Waals surface area contributed by atoms with Gasteiger partial charge in [0.1, 0.15) is 5.69 Å².